The molecular formula is C20H17Cl2N3O3S. The minimum Gasteiger partial charge on any atom is -0.378 e. The second-order valence-corrected chi connectivity index (χ2v) is 8.22. The van der Waals surface area contributed by atoms with E-state index in [1.54, 1.807) is 41.3 Å². The molecule has 0 bridgehead atoms. The van der Waals surface area contributed by atoms with Gasteiger partial charge in [-0.1, -0.05) is 47.1 Å². The van der Waals surface area contributed by atoms with Gasteiger partial charge in [0.15, 0.2) is 5.16 Å². The molecule has 0 aliphatic carbocycles. The molecule has 150 valence electrons. The zero-order chi connectivity index (χ0) is 20.4. The van der Waals surface area contributed by atoms with Crippen LogP contribution in [0.3, 0.4) is 0 Å². The Bertz CT molecular complexity index is 1130. The largest absolute Gasteiger partial charge is 0.378 e. The number of benzene rings is 2. The Morgan fingerprint density at radius 2 is 1.90 bits per heavy atom. The zero-order valence-electron chi connectivity index (χ0n) is 15.3. The summed E-state index contributed by atoms with van der Waals surface area (Å²) in [5.41, 5.74) is 0.793. The molecule has 6 nitrogen and oxygen atoms in total. The molecule has 1 fully saturated rings. The minimum absolute atomic E-state index is 0.0190. The third-order valence-electron chi connectivity index (χ3n) is 4.58. The van der Waals surface area contributed by atoms with Gasteiger partial charge < -0.3 is 9.64 Å². The second-order valence-electron chi connectivity index (χ2n) is 6.43. The van der Waals surface area contributed by atoms with Crippen LogP contribution in [0.2, 0.25) is 10.0 Å². The smallest absolute Gasteiger partial charge is 0.266 e. The monoisotopic (exact) mass is 449 g/mol. The molecule has 0 radical (unpaired) electrons. The number of nitrogens with zero attached hydrogens (tertiary/aromatic N) is 3. The van der Waals surface area contributed by atoms with E-state index in [0.717, 1.165) is 0 Å². The number of amides is 1. The first-order valence-electron chi connectivity index (χ1n) is 9.00. The maximum Gasteiger partial charge on any atom is 0.266 e. The molecule has 1 aliphatic rings. The highest BCUT2D eigenvalue weighted by Crippen LogP contribution is 2.28. The molecule has 9 heteroatoms. The molecule has 2 heterocycles. The van der Waals surface area contributed by atoms with Crippen LogP contribution in [-0.4, -0.2) is 52.4 Å². The first-order chi connectivity index (χ1) is 14.0. The van der Waals surface area contributed by atoms with E-state index < -0.39 is 0 Å². The van der Waals surface area contributed by atoms with Crippen molar-refractivity contribution in [1.82, 2.24) is 14.5 Å². The lowest BCUT2D eigenvalue weighted by atomic mass is 10.2. The summed E-state index contributed by atoms with van der Waals surface area (Å²) < 4.78 is 6.74. The van der Waals surface area contributed by atoms with Crippen molar-refractivity contribution in [3.05, 3.63) is 62.9 Å². The summed E-state index contributed by atoms with van der Waals surface area (Å²) in [6.07, 6.45) is 0. The normalized spacial score (nSPS) is 14.3. The van der Waals surface area contributed by atoms with E-state index in [1.807, 2.05) is 6.07 Å². The zero-order valence-corrected chi connectivity index (χ0v) is 17.6. The summed E-state index contributed by atoms with van der Waals surface area (Å²) in [4.78, 5) is 32.2. The molecule has 0 unspecified atom stereocenters. The number of fused-ring (bicyclic) bond motifs is 1. The summed E-state index contributed by atoms with van der Waals surface area (Å²) >= 11 is 13.6. The van der Waals surface area contributed by atoms with Crippen molar-refractivity contribution in [2.75, 3.05) is 32.1 Å². The molecule has 0 saturated carbocycles. The van der Waals surface area contributed by atoms with Crippen molar-refractivity contribution >= 4 is 51.8 Å². The summed E-state index contributed by atoms with van der Waals surface area (Å²) in [5, 5.41) is 1.68. The van der Waals surface area contributed by atoms with Crippen molar-refractivity contribution in [2.24, 2.45) is 0 Å². The number of thioether (sulfide) groups is 1. The average Bonchev–Trinajstić information content (AvgIpc) is 2.73. The number of para-hydroxylation sites is 1. The molecule has 1 saturated heterocycles. The first kappa shape index (κ1) is 20.2. The molecule has 1 aliphatic heterocycles. The molecule has 0 atom stereocenters. The highest BCUT2D eigenvalue weighted by molar-refractivity contribution is 7.99. The van der Waals surface area contributed by atoms with Crippen LogP contribution in [0, 0.1) is 0 Å². The highest BCUT2D eigenvalue weighted by Gasteiger charge is 2.20. The summed E-state index contributed by atoms with van der Waals surface area (Å²) in [6, 6.07) is 12.0. The van der Waals surface area contributed by atoms with Crippen LogP contribution in [0.1, 0.15) is 0 Å². The Morgan fingerprint density at radius 1 is 1.14 bits per heavy atom. The SMILES string of the molecule is O=C(CSc1nc2ccccc2c(=O)n1-c1ccc(Cl)cc1Cl)N1CCOCC1. The number of carbonyl (C=O) groups excluding carboxylic acids is 1. The second kappa shape index (κ2) is 8.75. The number of hydrogen-bond acceptors (Lipinski definition) is 5. The fourth-order valence-electron chi connectivity index (χ4n) is 3.11. The topological polar surface area (TPSA) is 64.4 Å². The molecular weight excluding hydrogens is 433 g/mol. The summed E-state index contributed by atoms with van der Waals surface area (Å²) in [6.45, 7) is 2.21. The van der Waals surface area contributed by atoms with Crippen LogP contribution in [0.25, 0.3) is 16.6 Å². The maximum atomic E-state index is 13.2. The lowest BCUT2D eigenvalue weighted by molar-refractivity contribution is -0.132. The predicted octanol–water partition coefficient (Wildman–Crippen LogP) is 3.64. The van der Waals surface area contributed by atoms with Crippen LogP contribution in [0.4, 0.5) is 0 Å². The van der Waals surface area contributed by atoms with Gasteiger partial charge in [0.25, 0.3) is 5.56 Å². The predicted molar refractivity (Wildman–Crippen MR) is 115 cm³/mol. The molecule has 1 amide bonds. The highest BCUT2D eigenvalue weighted by atomic mass is 35.5. The van der Waals surface area contributed by atoms with Gasteiger partial charge in [0.1, 0.15) is 0 Å². The Hall–Kier alpha value is -2.06. The van der Waals surface area contributed by atoms with Crippen molar-refractivity contribution < 1.29 is 9.53 Å². The van der Waals surface area contributed by atoms with E-state index >= 15 is 0 Å². The quantitative estimate of drug-likeness (QED) is 0.449. The van der Waals surface area contributed by atoms with Gasteiger partial charge in [0.05, 0.1) is 40.6 Å². The van der Waals surface area contributed by atoms with Crippen LogP contribution in [0.5, 0.6) is 0 Å². The van der Waals surface area contributed by atoms with E-state index in [2.05, 4.69) is 4.98 Å². The number of rotatable bonds is 4. The molecule has 3 aromatic rings. The standard InChI is InChI=1S/C20H17Cl2N3O3S/c21-13-5-6-17(15(22)11-13)25-19(27)14-3-1-2-4-16(14)23-20(25)29-12-18(26)24-7-9-28-10-8-24/h1-6,11H,7-10,12H2. The maximum absolute atomic E-state index is 13.2. The molecule has 0 N–H and O–H groups in total. The van der Waals surface area contributed by atoms with Crippen LogP contribution >= 0.6 is 35.0 Å². The van der Waals surface area contributed by atoms with Crippen LogP contribution in [-0.2, 0) is 9.53 Å². The van der Waals surface area contributed by atoms with Gasteiger partial charge in [-0.2, -0.15) is 0 Å². The van der Waals surface area contributed by atoms with Gasteiger partial charge in [-0.3, -0.25) is 14.2 Å². The number of halogens is 2. The van der Waals surface area contributed by atoms with E-state index in [9.17, 15) is 9.59 Å². The van der Waals surface area contributed by atoms with Gasteiger partial charge in [-0.15, -0.1) is 0 Å². The molecule has 2 aromatic carbocycles. The molecule has 4 rings (SSSR count). The van der Waals surface area contributed by atoms with Gasteiger partial charge in [0.2, 0.25) is 5.91 Å². The fraction of sp³-hybridized carbons (Fsp3) is 0.250. The Morgan fingerprint density at radius 3 is 2.66 bits per heavy atom. The number of hydrogen-bond donors (Lipinski definition) is 0. The molecule has 29 heavy (non-hydrogen) atoms. The van der Waals surface area contributed by atoms with Crippen molar-refractivity contribution in [2.45, 2.75) is 5.16 Å². The van der Waals surface area contributed by atoms with E-state index in [0.29, 0.717) is 58.1 Å². The Labute approximate surface area is 181 Å². The van der Waals surface area contributed by atoms with Gasteiger partial charge >= 0.3 is 0 Å². The van der Waals surface area contributed by atoms with Gasteiger partial charge in [0, 0.05) is 18.1 Å². The van der Waals surface area contributed by atoms with Crippen LogP contribution in [0.15, 0.2) is 52.4 Å². The Kier molecular flexibility index (Phi) is 6.10. The third kappa shape index (κ3) is 4.28. The fourth-order valence-corrected chi connectivity index (χ4v) is 4.52. The number of carbonyl (C=O) groups is 1. The van der Waals surface area contributed by atoms with E-state index in [-0.39, 0.29) is 17.2 Å². The first-order valence-corrected chi connectivity index (χ1v) is 10.7. The lowest BCUT2D eigenvalue weighted by Gasteiger charge is -2.26. The average molecular weight is 450 g/mol. The van der Waals surface area contributed by atoms with Gasteiger partial charge in [-0.25, -0.2) is 4.98 Å². The molecule has 1 aromatic heterocycles. The summed E-state index contributed by atoms with van der Waals surface area (Å²) in [5.74, 6) is 0.144. The number of aromatic nitrogens is 2. The number of ether oxygens (including phenoxy) is 1. The molecule has 0 spiro atoms. The summed E-state index contributed by atoms with van der Waals surface area (Å²) in [7, 11) is 0. The van der Waals surface area contributed by atoms with Crippen LogP contribution < -0.4 is 5.56 Å². The number of morpholine rings is 1. The van der Waals surface area contributed by atoms with E-state index in [1.165, 1.54) is 16.3 Å². The van der Waals surface area contributed by atoms with E-state index in [4.69, 9.17) is 27.9 Å². The lowest BCUT2D eigenvalue weighted by Crippen LogP contribution is -2.41. The minimum atomic E-state index is -0.249. The van der Waals surface area contributed by atoms with Gasteiger partial charge in [-0.05, 0) is 30.3 Å². The Balaban J connectivity index is 1.75. The van der Waals surface area contributed by atoms with Crippen molar-refractivity contribution in [3.63, 3.8) is 0 Å². The third-order valence-corrected chi connectivity index (χ3v) is 6.05. The van der Waals surface area contributed by atoms with Crippen molar-refractivity contribution in [1.29, 1.82) is 0 Å². The van der Waals surface area contributed by atoms with Crippen molar-refractivity contribution in [3.8, 4) is 5.69 Å².